The fourth-order valence-corrected chi connectivity index (χ4v) is 1.13. The van der Waals surface area contributed by atoms with E-state index in [4.69, 9.17) is 4.42 Å². The average Bonchev–Trinajstić information content (AvgIpc) is 2.63. The molecule has 2 rings (SSSR count). The van der Waals surface area contributed by atoms with E-state index in [9.17, 15) is 0 Å². The first-order chi connectivity index (χ1) is 5.84. The summed E-state index contributed by atoms with van der Waals surface area (Å²) in [7, 11) is 0. The number of imidazole rings is 1. The number of hydrogen-bond donors (Lipinski definition) is 0. The normalized spacial score (nSPS) is 10.4. The van der Waals surface area contributed by atoms with Gasteiger partial charge in [0.25, 0.3) is 0 Å². The Labute approximate surface area is 70.7 Å². The molecule has 0 radical (unpaired) electrons. The van der Waals surface area contributed by atoms with Crippen molar-refractivity contribution in [3.8, 4) is 0 Å². The van der Waals surface area contributed by atoms with Crippen molar-refractivity contribution in [3.63, 3.8) is 0 Å². The van der Waals surface area contributed by atoms with E-state index in [1.54, 1.807) is 12.5 Å². The standard InChI is InChI=1S/C9H10N2O/c1-8-2-3-9(12-8)6-11-5-4-10-7-11/h2-5,7H,6H2,1H3. The summed E-state index contributed by atoms with van der Waals surface area (Å²) in [5, 5.41) is 0. The highest BCUT2D eigenvalue weighted by Gasteiger charge is 1.97. The van der Waals surface area contributed by atoms with Gasteiger partial charge in [0.1, 0.15) is 11.5 Å². The van der Waals surface area contributed by atoms with Gasteiger partial charge < -0.3 is 8.98 Å². The second-order valence-electron chi connectivity index (χ2n) is 2.75. The summed E-state index contributed by atoms with van der Waals surface area (Å²) >= 11 is 0. The first-order valence-electron chi connectivity index (χ1n) is 3.85. The van der Waals surface area contributed by atoms with Crippen LogP contribution in [0.3, 0.4) is 0 Å². The minimum absolute atomic E-state index is 0.758. The number of aromatic nitrogens is 2. The Kier molecular flexibility index (Phi) is 1.70. The third-order valence-corrected chi connectivity index (χ3v) is 1.69. The largest absolute Gasteiger partial charge is 0.464 e. The molecule has 0 unspecified atom stereocenters. The quantitative estimate of drug-likeness (QED) is 0.674. The Balaban J connectivity index is 2.14. The molecule has 2 aromatic rings. The van der Waals surface area contributed by atoms with Crippen LogP contribution in [-0.4, -0.2) is 9.55 Å². The maximum atomic E-state index is 5.41. The molecule has 0 fully saturated rings. The zero-order valence-corrected chi connectivity index (χ0v) is 6.90. The van der Waals surface area contributed by atoms with Crippen molar-refractivity contribution in [1.82, 2.24) is 9.55 Å². The molecule has 0 saturated carbocycles. The van der Waals surface area contributed by atoms with Crippen LogP contribution in [0.4, 0.5) is 0 Å². The van der Waals surface area contributed by atoms with Gasteiger partial charge in [-0.1, -0.05) is 0 Å². The summed E-state index contributed by atoms with van der Waals surface area (Å²) in [4.78, 5) is 3.95. The zero-order valence-electron chi connectivity index (χ0n) is 6.90. The summed E-state index contributed by atoms with van der Waals surface area (Å²) in [6, 6.07) is 3.95. The van der Waals surface area contributed by atoms with Crippen molar-refractivity contribution in [2.24, 2.45) is 0 Å². The van der Waals surface area contributed by atoms with Crippen molar-refractivity contribution < 1.29 is 4.42 Å². The van der Waals surface area contributed by atoms with Gasteiger partial charge in [0.15, 0.2) is 0 Å². The molecular formula is C9H10N2O. The molecule has 0 aliphatic heterocycles. The van der Waals surface area contributed by atoms with E-state index in [0.717, 1.165) is 18.1 Å². The number of hydrogen-bond acceptors (Lipinski definition) is 2. The van der Waals surface area contributed by atoms with E-state index in [1.807, 2.05) is 29.8 Å². The molecule has 12 heavy (non-hydrogen) atoms. The van der Waals surface area contributed by atoms with Crippen LogP contribution in [0.1, 0.15) is 11.5 Å². The second kappa shape index (κ2) is 2.85. The van der Waals surface area contributed by atoms with E-state index in [0.29, 0.717) is 0 Å². The topological polar surface area (TPSA) is 31.0 Å². The van der Waals surface area contributed by atoms with Crippen LogP contribution in [0.25, 0.3) is 0 Å². The predicted molar refractivity (Wildman–Crippen MR) is 44.8 cm³/mol. The van der Waals surface area contributed by atoms with Crippen LogP contribution < -0.4 is 0 Å². The Morgan fingerprint density at radius 1 is 1.50 bits per heavy atom. The van der Waals surface area contributed by atoms with Crippen LogP contribution in [0.15, 0.2) is 35.3 Å². The SMILES string of the molecule is Cc1ccc(Cn2ccnc2)o1. The fourth-order valence-electron chi connectivity index (χ4n) is 1.13. The van der Waals surface area contributed by atoms with E-state index >= 15 is 0 Å². The molecule has 0 aliphatic rings. The lowest BCUT2D eigenvalue weighted by molar-refractivity contribution is 0.470. The number of nitrogens with zero attached hydrogens (tertiary/aromatic N) is 2. The van der Waals surface area contributed by atoms with Crippen LogP contribution in [0.5, 0.6) is 0 Å². The molecule has 0 aliphatic carbocycles. The zero-order chi connectivity index (χ0) is 8.39. The maximum Gasteiger partial charge on any atom is 0.123 e. The molecule has 0 atom stereocenters. The molecule has 0 N–H and O–H groups in total. The van der Waals surface area contributed by atoms with Crippen LogP contribution in [-0.2, 0) is 6.54 Å². The van der Waals surface area contributed by atoms with Gasteiger partial charge in [-0.15, -0.1) is 0 Å². The van der Waals surface area contributed by atoms with Gasteiger partial charge in [0.2, 0.25) is 0 Å². The lowest BCUT2D eigenvalue weighted by Crippen LogP contribution is -1.93. The smallest absolute Gasteiger partial charge is 0.123 e. The number of furan rings is 1. The highest BCUT2D eigenvalue weighted by atomic mass is 16.3. The van der Waals surface area contributed by atoms with E-state index in [1.165, 1.54) is 0 Å². The molecule has 2 heterocycles. The van der Waals surface area contributed by atoms with Crippen LogP contribution >= 0.6 is 0 Å². The maximum absolute atomic E-state index is 5.41. The third-order valence-electron chi connectivity index (χ3n) is 1.69. The van der Waals surface area contributed by atoms with E-state index in [2.05, 4.69) is 4.98 Å². The van der Waals surface area contributed by atoms with Gasteiger partial charge in [-0.2, -0.15) is 0 Å². The highest BCUT2D eigenvalue weighted by Crippen LogP contribution is 2.07. The molecule has 0 saturated heterocycles. The fraction of sp³-hybridized carbons (Fsp3) is 0.222. The summed E-state index contributed by atoms with van der Waals surface area (Å²) in [6.07, 6.45) is 5.45. The Morgan fingerprint density at radius 2 is 2.42 bits per heavy atom. The molecule has 3 heteroatoms. The number of rotatable bonds is 2. The molecule has 0 bridgehead atoms. The van der Waals surface area contributed by atoms with Crippen LogP contribution in [0, 0.1) is 6.92 Å². The average molecular weight is 162 g/mol. The lowest BCUT2D eigenvalue weighted by Gasteiger charge is -1.96. The molecule has 3 nitrogen and oxygen atoms in total. The summed E-state index contributed by atoms with van der Waals surface area (Å²) in [5.74, 6) is 1.91. The summed E-state index contributed by atoms with van der Waals surface area (Å²) in [5.41, 5.74) is 0. The van der Waals surface area contributed by atoms with Crippen molar-refractivity contribution in [1.29, 1.82) is 0 Å². The van der Waals surface area contributed by atoms with Gasteiger partial charge in [-0.05, 0) is 19.1 Å². The van der Waals surface area contributed by atoms with Crippen molar-refractivity contribution in [2.45, 2.75) is 13.5 Å². The van der Waals surface area contributed by atoms with Crippen molar-refractivity contribution in [3.05, 3.63) is 42.4 Å². The van der Waals surface area contributed by atoms with E-state index < -0.39 is 0 Å². The number of aryl methyl sites for hydroxylation is 1. The summed E-state index contributed by atoms with van der Waals surface area (Å²) in [6.45, 7) is 2.70. The summed E-state index contributed by atoms with van der Waals surface area (Å²) < 4.78 is 7.38. The monoisotopic (exact) mass is 162 g/mol. The van der Waals surface area contributed by atoms with Crippen molar-refractivity contribution in [2.75, 3.05) is 0 Å². The van der Waals surface area contributed by atoms with Crippen LogP contribution in [0.2, 0.25) is 0 Å². The molecule has 0 amide bonds. The molecule has 2 aromatic heterocycles. The minimum atomic E-state index is 0.758. The lowest BCUT2D eigenvalue weighted by atomic mass is 10.4. The van der Waals surface area contributed by atoms with Crippen molar-refractivity contribution >= 4 is 0 Å². The third kappa shape index (κ3) is 1.39. The first kappa shape index (κ1) is 7.16. The Hall–Kier alpha value is -1.51. The molecular weight excluding hydrogens is 152 g/mol. The minimum Gasteiger partial charge on any atom is -0.464 e. The Morgan fingerprint density at radius 3 is 3.00 bits per heavy atom. The molecule has 0 spiro atoms. The van der Waals surface area contributed by atoms with Gasteiger partial charge in [0, 0.05) is 12.4 Å². The van der Waals surface area contributed by atoms with Gasteiger partial charge in [-0.25, -0.2) is 4.98 Å². The second-order valence-corrected chi connectivity index (χ2v) is 2.75. The first-order valence-corrected chi connectivity index (χ1v) is 3.85. The Bertz CT molecular complexity index is 348. The molecule has 0 aromatic carbocycles. The highest BCUT2D eigenvalue weighted by molar-refractivity contribution is 5.05. The molecule has 62 valence electrons. The predicted octanol–water partition coefficient (Wildman–Crippen LogP) is 1.83. The van der Waals surface area contributed by atoms with E-state index in [-0.39, 0.29) is 0 Å². The van der Waals surface area contributed by atoms with Gasteiger partial charge >= 0.3 is 0 Å². The van der Waals surface area contributed by atoms with Gasteiger partial charge in [-0.3, -0.25) is 0 Å². The van der Waals surface area contributed by atoms with Gasteiger partial charge in [0.05, 0.1) is 12.9 Å².